The van der Waals surface area contributed by atoms with Gasteiger partial charge in [0.1, 0.15) is 11.3 Å². The molecule has 3 rings (SSSR count). The van der Waals surface area contributed by atoms with Crippen molar-refractivity contribution in [1.29, 1.82) is 0 Å². The highest BCUT2D eigenvalue weighted by molar-refractivity contribution is 8.00. The zero-order valence-corrected chi connectivity index (χ0v) is 11.9. The molecule has 0 spiro atoms. The van der Waals surface area contributed by atoms with Crippen LogP contribution in [0.4, 0.5) is 0 Å². The second-order valence-electron chi connectivity index (χ2n) is 4.79. The Kier molecular flexibility index (Phi) is 4.11. The molecule has 0 saturated carbocycles. The molecule has 0 radical (unpaired) electrons. The number of nitrogens with one attached hydrogen (secondary N) is 1. The number of hydrogen-bond acceptors (Lipinski definition) is 4. The van der Waals surface area contributed by atoms with E-state index in [-0.39, 0.29) is 6.04 Å². The monoisotopic (exact) mass is 277 g/mol. The van der Waals surface area contributed by atoms with Crippen LogP contribution >= 0.6 is 11.8 Å². The van der Waals surface area contributed by atoms with Gasteiger partial charge in [0.05, 0.1) is 24.5 Å². The Morgan fingerprint density at radius 1 is 1.37 bits per heavy atom. The van der Waals surface area contributed by atoms with Crippen molar-refractivity contribution in [3.63, 3.8) is 0 Å². The number of hydrogen-bond donors (Lipinski definition) is 1. The van der Waals surface area contributed by atoms with Crippen molar-refractivity contribution in [1.82, 2.24) is 5.32 Å². The largest absolute Gasteiger partial charge is 0.459 e. The first-order chi connectivity index (χ1) is 9.36. The minimum atomic E-state index is 0.281. The number of para-hydroxylation sites is 1. The molecule has 19 heavy (non-hydrogen) atoms. The fourth-order valence-corrected chi connectivity index (χ4v) is 3.34. The summed E-state index contributed by atoms with van der Waals surface area (Å²) in [5.74, 6) is 2.07. The average Bonchev–Trinajstić information content (AvgIpc) is 2.79. The van der Waals surface area contributed by atoms with Crippen LogP contribution < -0.4 is 5.32 Å². The highest BCUT2D eigenvalue weighted by Gasteiger charge is 2.22. The summed E-state index contributed by atoms with van der Waals surface area (Å²) in [6, 6.07) is 10.6. The quantitative estimate of drug-likeness (QED) is 0.879. The van der Waals surface area contributed by atoms with E-state index in [9.17, 15) is 0 Å². The summed E-state index contributed by atoms with van der Waals surface area (Å²) in [5.41, 5.74) is 0.970. The van der Waals surface area contributed by atoms with Crippen LogP contribution in [-0.4, -0.2) is 30.8 Å². The van der Waals surface area contributed by atoms with Crippen molar-refractivity contribution in [3.05, 3.63) is 36.1 Å². The predicted octanol–water partition coefficient (Wildman–Crippen LogP) is 3.22. The van der Waals surface area contributed by atoms with E-state index in [0.717, 1.165) is 36.9 Å². The number of furan rings is 1. The summed E-state index contributed by atoms with van der Waals surface area (Å²) in [4.78, 5) is 0. The van der Waals surface area contributed by atoms with E-state index in [1.54, 1.807) is 0 Å². The first-order valence-electron chi connectivity index (χ1n) is 6.78. The van der Waals surface area contributed by atoms with Gasteiger partial charge in [-0.15, -0.1) is 0 Å². The van der Waals surface area contributed by atoms with E-state index < -0.39 is 0 Å². The molecule has 1 aromatic carbocycles. The van der Waals surface area contributed by atoms with E-state index in [1.807, 2.05) is 30.0 Å². The Bertz CT molecular complexity index is 503. The highest BCUT2D eigenvalue weighted by Crippen LogP contribution is 2.28. The Hall–Kier alpha value is -0.970. The Balaban J connectivity index is 1.73. The molecule has 0 aliphatic carbocycles. The SMILES string of the molecule is CCNC(CSC1COC1)c1cc2ccccc2o1. The number of rotatable bonds is 6. The van der Waals surface area contributed by atoms with Gasteiger partial charge in [-0.3, -0.25) is 0 Å². The van der Waals surface area contributed by atoms with Crippen LogP contribution in [0, 0.1) is 0 Å². The summed E-state index contributed by atoms with van der Waals surface area (Å²) in [7, 11) is 0. The molecule has 3 nitrogen and oxygen atoms in total. The van der Waals surface area contributed by atoms with E-state index in [1.165, 1.54) is 5.39 Å². The first kappa shape index (κ1) is 13.0. The first-order valence-corrected chi connectivity index (χ1v) is 7.83. The topological polar surface area (TPSA) is 34.4 Å². The van der Waals surface area contributed by atoms with Crippen LogP contribution in [0.1, 0.15) is 18.7 Å². The molecular formula is C15H19NO2S. The third-order valence-corrected chi connectivity index (χ3v) is 4.61. The molecule has 1 atom stereocenters. The lowest BCUT2D eigenvalue weighted by Gasteiger charge is -2.27. The second kappa shape index (κ2) is 5.99. The molecule has 1 aromatic heterocycles. The maximum absolute atomic E-state index is 5.96. The minimum absolute atomic E-state index is 0.281. The molecular weight excluding hydrogens is 258 g/mol. The molecule has 1 N–H and O–H groups in total. The van der Waals surface area contributed by atoms with Crippen LogP contribution in [0.2, 0.25) is 0 Å². The van der Waals surface area contributed by atoms with E-state index in [4.69, 9.17) is 9.15 Å². The van der Waals surface area contributed by atoms with Crippen LogP contribution in [0.15, 0.2) is 34.7 Å². The van der Waals surface area contributed by atoms with E-state index >= 15 is 0 Å². The zero-order valence-electron chi connectivity index (χ0n) is 11.1. The Labute approximate surface area is 117 Å². The maximum atomic E-state index is 5.96. The minimum Gasteiger partial charge on any atom is -0.459 e. The summed E-state index contributed by atoms with van der Waals surface area (Å²) < 4.78 is 11.2. The maximum Gasteiger partial charge on any atom is 0.134 e. The predicted molar refractivity (Wildman–Crippen MR) is 79.7 cm³/mol. The van der Waals surface area contributed by atoms with Gasteiger partial charge in [0.25, 0.3) is 0 Å². The molecule has 0 bridgehead atoms. The molecule has 1 saturated heterocycles. The Morgan fingerprint density at radius 3 is 2.89 bits per heavy atom. The molecule has 2 aromatic rings. The number of fused-ring (bicyclic) bond motifs is 1. The summed E-state index contributed by atoms with van der Waals surface area (Å²) in [5, 5.41) is 5.34. The molecule has 2 heterocycles. The summed E-state index contributed by atoms with van der Waals surface area (Å²) >= 11 is 1.97. The van der Waals surface area contributed by atoms with Crippen molar-refractivity contribution in [2.24, 2.45) is 0 Å². The fourth-order valence-electron chi connectivity index (χ4n) is 2.20. The molecule has 4 heteroatoms. The van der Waals surface area contributed by atoms with Gasteiger partial charge in [-0.1, -0.05) is 25.1 Å². The Morgan fingerprint density at radius 2 is 2.21 bits per heavy atom. The molecule has 1 aliphatic heterocycles. The van der Waals surface area contributed by atoms with Crippen LogP contribution in [0.3, 0.4) is 0 Å². The van der Waals surface area contributed by atoms with Gasteiger partial charge in [0.15, 0.2) is 0 Å². The van der Waals surface area contributed by atoms with Crippen molar-refractivity contribution in [3.8, 4) is 0 Å². The molecule has 0 amide bonds. The molecule has 1 aliphatic rings. The third-order valence-electron chi connectivity index (χ3n) is 3.34. The zero-order chi connectivity index (χ0) is 13.1. The van der Waals surface area contributed by atoms with Crippen LogP contribution in [0.25, 0.3) is 11.0 Å². The van der Waals surface area contributed by atoms with Crippen molar-refractivity contribution in [2.45, 2.75) is 18.2 Å². The van der Waals surface area contributed by atoms with Crippen LogP contribution in [0.5, 0.6) is 0 Å². The standard InChI is InChI=1S/C15H19NO2S/c1-2-16-13(10-19-12-8-17-9-12)15-7-11-5-3-4-6-14(11)18-15/h3-7,12-13,16H,2,8-10H2,1H3. The van der Waals surface area contributed by atoms with Crippen molar-refractivity contribution < 1.29 is 9.15 Å². The lowest BCUT2D eigenvalue weighted by molar-refractivity contribution is 0.0454. The van der Waals surface area contributed by atoms with Gasteiger partial charge in [-0.2, -0.15) is 11.8 Å². The van der Waals surface area contributed by atoms with Crippen molar-refractivity contribution >= 4 is 22.7 Å². The van der Waals surface area contributed by atoms with Gasteiger partial charge in [-0.05, 0) is 18.7 Å². The lowest BCUT2D eigenvalue weighted by atomic mass is 10.2. The van der Waals surface area contributed by atoms with Gasteiger partial charge < -0.3 is 14.5 Å². The molecule has 102 valence electrons. The average molecular weight is 277 g/mol. The van der Waals surface area contributed by atoms with Gasteiger partial charge in [0.2, 0.25) is 0 Å². The van der Waals surface area contributed by atoms with E-state index in [2.05, 4.69) is 24.4 Å². The van der Waals surface area contributed by atoms with E-state index in [0.29, 0.717) is 5.25 Å². The highest BCUT2D eigenvalue weighted by atomic mass is 32.2. The number of ether oxygens (including phenoxy) is 1. The molecule has 1 unspecified atom stereocenters. The molecule has 1 fully saturated rings. The normalized spacial score (nSPS) is 17.5. The van der Waals surface area contributed by atoms with Gasteiger partial charge >= 0.3 is 0 Å². The smallest absolute Gasteiger partial charge is 0.134 e. The summed E-state index contributed by atoms with van der Waals surface area (Å²) in [6.45, 7) is 4.86. The number of thioether (sulfide) groups is 1. The third kappa shape index (κ3) is 2.96. The lowest BCUT2D eigenvalue weighted by Crippen LogP contribution is -2.32. The number of benzene rings is 1. The van der Waals surface area contributed by atoms with Gasteiger partial charge in [0, 0.05) is 11.1 Å². The van der Waals surface area contributed by atoms with Crippen molar-refractivity contribution in [2.75, 3.05) is 25.5 Å². The fraction of sp³-hybridized carbons (Fsp3) is 0.467. The van der Waals surface area contributed by atoms with Gasteiger partial charge in [-0.25, -0.2) is 0 Å². The van der Waals surface area contributed by atoms with Crippen LogP contribution in [-0.2, 0) is 4.74 Å². The summed E-state index contributed by atoms with van der Waals surface area (Å²) in [6.07, 6.45) is 0. The second-order valence-corrected chi connectivity index (χ2v) is 6.12.